The molecule has 86 valence electrons. The van der Waals surface area contributed by atoms with E-state index in [1.807, 2.05) is 33.0 Å². The van der Waals surface area contributed by atoms with Crippen LogP contribution in [0, 0.1) is 0 Å². The molecule has 0 saturated heterocycles. The van der Waals surface area contributed by atoms with Crippen LogP contribution in [0.3, 0.4) is 0 Å². The average molecular weight is 219 g/mol. The van der Waals surface area contributed by atoms with E-state index in [9.17, 15) is 0 Å². The first-order valence-corrected chi connectivity index (χ1v) is 5.35. The van der Waals surface area contributed by atoms with Crippen LogP contribution in [0.5, 0.6) is 5.75 Å². The van der Waals surface area contributed by atoms with E-state index in [-0.39, 0.29) is 5.60 Å². The van der Waals surface area contributed by atoms with Gasteiger partial charge in [0.15, 0.2) is 0 Å². The van der Waals surface area contributed by atoms with Crippen molar-refractivity contribution in [1.82, 2.24) is 9.97 Å². The molecule has 2 aromatic heterocycles. The van der Waals surface area contributed by atoms with Crippen LogP contribution in [0.2, 0.25) is 0 Å². The SMILES string of the molecule is CC(C)(C)Oc1ccnc2c(CN)c[nH]c12. The van der Waals surface area contributed by atoms with Crippen molar-refractivity contribution in [3.63, 3.8) is 0 Å². The molecule has 4 heteroatoms. The predicted octanol–water partition coefficient (Wildman–Crippen LogP) is 2.20. The molecule has 0 aliphatic carbocycles. The van der Waals surface area contributed by atoms with Gasteiger partial charge in [-0.1, -0.05) is 0 Å². The van der Waals surface area contributed by atoms with Crippen LogP contribution in [-0.4, -0.2) is 15.6 Å². The summed E-state index contributed by atoms with van der Waals surface area (Å²) < 4.78 is 5.86. The largest absolute Gasteiger partial charge is 0.486 e. The Morgan fingerprint density at radius 1 is 1.44 bits per heavy atom. The minimum Gasteiger partial charge on any atom is -0.486 e. The quantitative estimate of drug-likeness (QED) is 0.813. The van der Waals surface area contributed by atoms with Gasteiger partial charge in [-0.25, -0.2) is 0 Å². The predicted molar refractivity (Wildman–Crippen MR) is 64.4 cm³/mol. The van der Waals surface area contributed by atoms with Gasteiger partial charge in [-0.15, -0.1) is 0 Å². The van der Waals surface area contributed by atoms with Gasteiger partial charge in [-0.05, 0) is 20.8 Å². The molecular formula is C12H17N3O. The van der Waals surface area contributed by atoms with Crippen LogP contribution in [0.15, 0.2) is 18.5 Å². The van der Waals surface area contributed by atoms with Crippen molar-refractivity contribution in [3.05, 3.63) is 24.0 Å². The number of pyridine rings is 1. The normalized spacial score (nSPS) is 12.0. The van der Waals surface area contributed by atoms with Gasteiger partial charge < -0.3 is 15.5 Å². The number of nitrogens with two attached hydrogens (primary N) is 1. The number of aromatic amines is 1. The summed E-state index contributed by atoms with van der Waals surface area (Å²) in [5, 5.41) is 0. The Morgan fingerprint density at radius 2 is 2.19 bits per heavy atom. The summed E-state index contributed by atoms with van der Waals surface area (Å²) in [6.07, 6.45) is 3.63. The summed E-state index contributed by atoms with van der Waals surface area (Å²) in [5.41, 5.74) is 8.23. The monoisotopic (exact) mass is 219 g/mol. The second-order valence-electron chi connectivity index (χ2n) is 4.77. The molecule has 0 aromatic carbocycles. The Balaban J connectivity index is 2.50. The first kappa shape index (κ1) is 11.0. The molecule has 3 N–H and O–H groups in total. The molecule has 4 nitrogen and oxygen atoms in total. The molecule has 0 aliphatic rings. The maximum absolute atomic E-state index is 5.86. The highest BCUT2D eigenvalue weighted by atomic mass is 16.5. The molecule has 0 amide bonds. The van der Waals surface area contributed by atoms with Gasteiger partial charge in [0.05, 0.1) is 5.52 Å². The number of hydrogen-bond acceptors (Lipinski definition) is 3. The molecule has 0 fully saturated rings. The second-order valence-corrected chi connectivity index (χ2v) is 4.77. The van der Waals surface area contributed by atoms with Crippen molar-refractivity contribution < 1.29 is 4.74 Å². The van der Waals surface area contributed by atoms with E-state index in [1.54, 1.807) is 6.20 Å². The zero-order valence-corrected chi connectivity index (χ0v) is 9.87. The number of ether oxygens (including phenoxy) is 1. The Bertz CT molecular complexity index is 496. The van der Waals surface area contributed by atoms with E-state index < -0.39 is 0 Å². The minimum absolute atomic E-state index is 0.220. The van der Waals surface area contributed by atoms with E-state index in [2.05, 4.69) is 9.97 Å². The van der Waals surface area contributed by atoms with Gasteiger partial charge in [0, 0.05) is 30.6 Å². The maximum Gasteiger partial charge on any atom is 0.147 e. The van der Waals surface area contributed by atoms with Crippen LogP contribution in [0.25, 0.3) is 11.0 Å². The van der Waals surface area contributed by atoms with Crippen molar-refractivity contribution in [2.45, 2.75) is 32.9 Å². The molecule has 16 heavy (non-hydrogen) atoms. The summed E-state index contributed by atoms with van der Waals surface area (Å²) in [4.78, 5) is 7.47. The fraction of sp³-hybridized carbons (Fsp3) is 0.417. The highest BCUT2D eigenvalue weighted by Crippen LogP contribution is 2.27. The third-order valence-electron chi connectivity index (χ3n) is 2.24. The Labute approximate surface area is 94.8 Å². The number of nitrogens with one attached hydrogen (secondary N) is 1. The number of nitrogens with zero attached hydrogens (tertiary/aromatic N) is 1. The van der Waals surface area contributed by atoms with Gasteiger partial charge in [0.2, 0.25) is 0 Å². The van der Waals surface area contributed by atoms with Crippen LogP contribution >= 0.6 is 0 Å². The fourth-order valence-electron chi connectivity index (χ4n) is 1.63. The first-order chi connectivity index (χ1) is 7.51. The molecule has 2 heterocycles. The Hall–Kier alpha value is -1.55. The van der Waals surface area contributed by atoms with Gasteiger partial charge in [-0.2, -0.15) is 0 Å². The van der Waals surface area contributed by atoms with E-state index in [0.29, 0.717) is 6.54 Å². The minimum atomic E-state index is -0.220. The first-order valence-electron chi connectivity index (χ1n) is 5.35. The Kier molecular flexibility index (Phi) is 2.59. The number of rotatable bonds is 2. The summed E-state index contributed by atoms with van der Waals surface area (Å²) in [6, 6.07) is 1.87. The molecule has 0 bridgehead atoms. The Morgan fingerprint density at radius 3 is 2.81 bits per heavy atom. The standard InChI is InChI=1S/C12H17N3O/c1-12(2,3)16-9-4-5-14-10-8(6-13)7-15-11(9)10/h4-5,7,15H,6,13H2,1-3H3. The van der Waals surface area contributed by atoms with Crippen molar-refractivity contribution in [1.29, 1.82) is 0 Å². The third kappa shape index (κ3) is 2.02. The number of fused-ring (bicyclic) bond motifs is 1. The van der Waals surface area contributed by atoms with E-state index in [0.717, 1.165) is 22.3 Å². The molecule has 0 atom stereocenters. The van der Waals surface area contributed by atoms with Crippen LogP contribution in [0.4, 0.5) is 0 Å². The average Bonchev–Trinajstić information content (AvgIpc) is 2.59. The molecule has 0 spiro atoms. The highest BCUT2D eigenvalue weighted by Gasteiger charge is 2.15. The lowest BCUT2D eigenvalue weighted by atomic mass is 10.2. The highest BCUT2D eigenvalue weighted by molar-refractivity contribution is 5.84. The van der Waals surface area contributed by atoms with Crippen LogP contribution < -0.4 is 10.5 Å². The molecule has 0 unspecified atom stereocenters. The number of hydrogen-bond donors (Lipinski definition) is 2. The number of H-pyrrole nitrogens is 1. The smallest absolute Gasteiger partial charge is 0.147 e. The van der Waals surface area contributed by atoms with Gasteiger partial charge in [-0.3, -0.25) is 4.98 Å². The maximum atomic E-state index is 5.86. The summed E-state index contributed by atoms with van der Waals surface area (Å²) in [5.74, 6) is 0.817. The molecule has 2 aromatic rings. The lowest BCUT2D eigenvalue weighted by Gasteiger charge is -2.21. The zero-order valence-electron chi connectivity index (χ0n) is 9.87. The van der Waals surface area contributed by atoms with E-state index in [1.165, 1.54) is 0 Å². The van der Waals surface area contributed by atoms with Gasteiger partial charge in [0.1, 0.15) is 16.9 Å². The lowest BCUT2D eigenvalue weighted by Crippen LogP contribution is -2.23. The van der Waals surface area contributed by atoms with Gasteiger partial charge >= 0.3 is 0 Å². The topological polar surface area (TPSA) is 63.9 Å². The van der Waals surface area contributed by atoms with Gasteiger partial charge in [0.25, 0.3) is 0 Å². The molecular weight excluding hydrogens is 202 g/mol. The van der Waals surface area contributed by atoms with Crippen molar-refractivity contribution in [3.8, 4) is 5.75 Å². The summed E-state index contributed by atoms with van der Waals surface area (Å²) in [6.45, 7) is 6.54. The van der Waals surface area contributed by atoms with E-state index in [4.69, 9.17) is 10.5 Å². The second kappa shape index (κ2) is 3.79. The molecule has 0 saturated carbocycles. The summed E-state index contributed by atoms with van der Waals surface area (Å²) in [7, 11) is 0. The van der Waals surface area contributed by atoms with Crippen LogP contribution in [-0.2, 0) is 6.54 Å². The zero-order chi connectivity index (χ0) is 11.8. The fourth-order valence-corrected chi connectivity index (χ4v) is 1.63. The van der Waals surface area contributed by atoms with Crippen molar-refractivity contribution >= 4 is 11.0 Å². The van der Waals surface area contributed by atoms with Crippen LogP contribution in [0.1, 0.15) is 26.3 Å². The molecule has 0 radical (unpaired) electrons. The lowest BCUT2D eigenvalue weighted by molar-refractivity contribution is 0.133. The van der Waals surface area contributed by atoms with E-state index >= 15 is 0 Å². The van der Waals surface area contributed by atoms with Crippen molar-refractivity contribution in [2.24, 2.45) is 5.73 Å². The number of aromatic nitrogens is 2. The molecule has 2 rings (SSSR count). The third-order valence-corrected chi connectivity index (χ3v) is 2.24. The molecule has 0 aliphatic heterocycles. The van der Waals surface area contributed by atoms with Crippen molar-refractivity contribution in [2.75, 3.05) is 0 Å². The summed E-state index contributed by atoms with van der Waals surface area (Å²) >= 11 is 0.